The number of rotatable bonds is 2. The van der Waals surface area contributed by atoms with E-state index in [-0.39, 0.29) is 5.92 Å². The van der Waals surface area contributed by atoms with Gasteiger partial charge in [-0.2, -0.15) is 5.26 Å². The number of hydrogen-bond acceptors (Lipinski definition) is 6. The van der Waals surface area contributed by atoms with Gasteiger partial charge in [0, 0.05) is 29.9 Å². The van der Waals surface area contributed by atoms with E-state index in [2.05, 4.69) is 55.8 Å². The second-order valence-corrected chi connectivity index (χ2v) is 7.40. The van der Waals surface area contributed by atoms with Gasteiger partial charge in [0.2, 0.25) is 0 Å². The Labute approximate surface area is 174 Å². The lowest BCUT2D eigenvalue weighted by molar-refractivity contribution is 0.697. The molecule has 2 aromatic carbocycles. The van der Waals surface area contributed by atoms with Gasteiger partial charge in [-0.3, -0.25) is 4.57 Å². The fourth-order valence-corrected chi connectivity index (χ4v) is 3.88. The first-order valence-electron chi connectivity index (χ1n) is 9.68. The Balaban J connectivity index is 1.69. The van der Waals surface area contributed by atoms with Gasteiger partial charge in [0.05, 0.1) is 23.0 Å². The lowest BCUT2D eigenvalue weighted by Crippen LogP contribution is -2.22. The molecule has 1 aliphatic rings. The highest BCUT2D eigenvalue weighted by Crippen LogP contribution is 2.39. The normalized spacial score (nSPS) is 15.1. The SMILES string of the molecule is CC1CN(c2ccc(C#N)cc2)c2cc(-c3ccc(N)nc3)ccc2-n2cnnc21. The summed E-state index contributed by atoms with van der Waals surface area (Å²) in [5.74, 6) is 1.59. The number of nitrogen functional groups attached to an aromatic ring is 1. The number of aromatic nitrogens is 4. The maximum Gasteiger partial charge on any atom is 0.142 e. The van der Waals surface area contributed by atoms with Crippen LogP contribution >= 0.6 is 0 Å². The predicted octanol–water partition coefficient (Wildman–Crippen LogP) is 4.04. The first-order chi connectivity index (χ1) is 14.6. The first-order valence-corrected chi connectivity index (χ1v) is 9.68. The van der Waals surface area contributed by atoms with Crippen LogP contribution in [0.3, 0.4) is 0 Å². The third kappa shape index (κ3) is 2.95. The van der Waals surface area contributed by atoms with Crippen molar-refractivity contribution < 1.29 is 0 Å². The van der Waals surface area contributed by atoms with Gasteiger partial charge in [-0.1, -0.05) is 13.0 Å². The molecule has 0 bridgehead atoms. The summed E-state index contributed by atoms with van der Waals surface area (Å²) < 4.78 is 2.05. The van der Waals surface area contributed by atoms with Crippen molar-refractivity contribution in [2.45, 2.75) is 12.8 Å². The van der Waals surface area contributed by atoms with Gasteiger partial charge < -0.3 is 10.6 Å². The van der Waals surface area contributed by atoms with E-state index >= 15 is 0 Å². The third-order valence-corrected chi connectivity index (χ3v) is 5.42. The van der Waals surface area contributed by atoms with Crippen LogP contribution in [-0.4, -0.2) is 26.3 Å². The molecule has 1 aliphatic heterocycles. The molecule has 4 aromatic rings. The predicted molar refractivity (Wildman–Crippen MR) is 116 cm³/mol. The Morgan fingerprint density at radius 3 is 2.57 bits per heavy atom. The largest absolute Gasteiger partial charge is 0.384 e. The number of nitrogens with two attached hydrogens (primary N) is 1. The molecule has 0 fully saturated rings. The summed E-state index contributed by atoms with van der Waals surface area (Å²) in [5.41, 5.74) is 11.5. The molecule has 1 unspecified atom stereocenters. The Bertz CT molecular complexity index is 1250. The molecule has 0 amide bonds. The number of pyridine rings is 1. The molecule has 2 aromatic heterocycles. The van der Waals surface area contributed by atoms with E-state index in [1.807, 2.05) is 30.3 Å². The van der Waals surface area contributed by atoms with Gasteiger partial charge in [0.25, 0.3) is 0 Å². The van der Waals surface area contributed by atoms with Crippen LogP contribution in [0.4, 0.5) is 17.2 Å². The molecule has 0 saturated carbocycles. The second-order valence-electron chi connectivity index (χ2n) is 7.40. The van der Waals surface area contributed by atoms with Crippen molar-refractivity contribution in [3.63, 3.8) is 0 Å². The van der Waals surface area contributed by atoms with Crippen LogP contribution in [0, 0.1) is 11.3 Å². The highest BCUT2D eigenvalue weighted by atomic mass is 15.3. The number of fused-ring (bicyclic) bond motifs is 3. The van der Waals surface area contributed by atoms with Gasteiger partial charge in [-0.15, -0.1) is 10.2 Å². The summed E-state index contributed by atoms with van der Waals surface area (Å²) in [6, 6.07) is 19.9. The van der Waals surface area contributed by atoms with E-state index in [0.29, 0.717) is 11.4 Å². The van der Waals surface area contributed by atoms with Crippen molar-refractivity contribution in [3.8, 4) is 22.9 Å². The monoisotopic (exact) mass is 393 g/mol. The van der Waals surface area contributed by atoms with Crippen LogP contribution in [0.1, 0.15) is 24.2 Å². The molecular weight excluding hydrogens is 374 g/mol. The molecule has 1 atom stereocenters. The summed E-state index contributed by atoms with van der Waals surface area (Å²) in [6.45, 7) is 2.88. The average molecular weight is 393 g/mol. The van der Waals surface area contributed by atoms with Gasteiger partial charge in [0.1, 0.15) is 18.0 Å². The van der Waals surface area contributed by atoms with E-state index in [4.69, 9.17) is 11.0 Å². The molecule has 7 heteroatoms. The average Bonchev–Trinajstić information content (AvgIpc) is 3.24. The van der Waals surface area contributed by atoms with Crippen LogP contribution in [0.5, 0.6) is 0 Å². The fourth-order valence-electron chi connectivity index (χ4n) is 3.88. The molecule has 2 N–H and O–H groups in total. The highest BCUT2D eigenvalue weighted by molar-refractivity contribution is 5.79. The molecule has 146 valence electrons. The van der Waals surface area contributed by atoms with Gasteiger partial charge in [0.15, 0.2) is 0 Å². The maximum atomic E-state index is 9.16. The second kappa shape index (κ2) is 7.01. The van der Waals surface area contributed by atoms with Crippen LogP contribution in [0.15, 0.2) is 67.1 Å². The van der Waals surface area contributed by atoms with Crippen molar-refractivity contribution in [1.82, 2.24) is 19.7 Å². The molecule has 0 radical (unpaired) electrons. The number of anilines is 3. The first kappa shape index (κ1) is 17.9. The van der Waals surface area contributed by atoms with E-state index in [1.165, 1.54) is 0 Å². The van der Waals surface area contributed by atoms with Crippen molar-refractivity contribution >= 4 is 17.2 Å². The van der Waals surface area contributed by atoms with E-state index < -0.39 is 0 Å². The highest BCUT2D eigenvalue weighted by Gasteiger charge is 2.27. The van der Waals surface area contributed by atoms with E-state index in [1.54, 1.807) is 18.6 Å². The standard InChI is InChI=1S/C23H19N7/c1-15-13-29(19-6-2-16(11-24)3-7-19)21-10-17(18-5-9-22(25)26-12-18)4-8-20(21)30-14-27-28-23(15)30/h2-10,12,14-15H,13H2,1H3,(H2,25,26). The third-order valence-electron chi connectivity index (χ3n) is 5.42. The molecule has 0 saturated heterocycles. The molecule has 3 heterocycles. The number of nitrogens with zero attached hydrogens (tertiary/aromatic N) is 6. The van der Waals surface area contributed by atoms with Gasteiger partial charge in [-0.25, -0.2) is 4.98 Å². The number of benzene rings is 2. The Morgan fingerprint density at radius 2 is 1.83 bits per heavy atom. The molecular formula is C23H19N7. The quantitative estimate of drug-likeness (QED) is 0.552. The minimum Gasteiger partial charge on any atom is -0.384 e. The summed E-state index contributed by atoms with van der Waals surface area (Å²) in [4.78, 5) is 6.50. The van der Waals surface area contributed by atoms with Crippen molar-refractivity contribution in [1.29, 1.82) is 5.26 Å². The molecule has 0 aliphatic carbocycles. The Morgan fingerprint density at radius 1 is 1.03 bits per heavy atom. The fraction of sp³-hybridized carbons (Fsp3) is 0.130. The summed E-state index contributed by atoms with van der Waals surface area (Å²) in [6.07, 6.45) is 3.55. The number of hydrogen-bond donors (Lipinski definition) is 1. The zero-order chi connectivity index (χ0) is 20.7. The minimum atomic E-state index is 0.164. The van der Waals surface area contributed by atoms with E-state index in [9.17, 15) is 0 Å². The zero-order valence-electron chi connectivity index (χ0n) is 16.4. The molecule has 0 spiro atoms. The minimum absolute atomic E-state index is 0.164. The van der Waals surface area contributed by atoms with Crippen molar-refractivity contribution in [2.75, 3.05) is 17.2 Å². The van der Waals surface area contributed by atoms with Gasteiger partial charge in [-0.05, 0) is 54.1 Å². The van der Waals surface area contributed by atoms with E-state index in [0.717, 1.165) is 40.6 Å². The summed E-state index contributed by atoms with van der Waals surface area (Å²) in [7, 11) is 0. The molecule has 30 heavy (non-hydrogen) atoms. The summed E-state index contributed by atoms with van der Waals surface area (Å²) >= 11 is 0. The Kier molecular flexibility index (Phi) is 4.18. The topological polar surface area (TPSA) is 96.7 Å². The van der Waals surface area contributed by atoms with Crippen molar-refractivity contribution in [3.05, 3.63) is 78.5 Å². The van der Waals surface area contributed by atoms with Crippen LogP contribution in [0.2, 0.25) is 0 Å². The lowest BCUT2D eigenvalue weighted by atomic mass is 10.0. The maximum absolute atomic E-state index is 9.16. The van der Waals surface area contributed by atoms with Crippen LogP contribution < -0.4 is 10.6 Å². The molecule has 5 rings (SSSR count). The molecule has 7 nitrogen and oxygen atoms in total. The van der Waals surface area contributed by atoms with Crippen molar-refractivity contribution in [2.24, 2.45) is 0 Å². The smallest absolute Gasteiger partial charge is 0.142 e. The van der Waals surface area contributed by atoms with Crippen LogP contribution in [0.25, 0.3) is 16.8 Å². The van der Waals surface area contributed by atoms with Gasteiger partial charge >= 0.3 is 0 Å². The number of nitriles is 1. The summed E-state index contributed by atoms with van der Waals surface area (Å²) in [5, 5.41) is 17.7. The van der Waals surface area contributed by atoms with Crippen LogP contribution in [-0.2, 0) is 0 Å². The zero-order valence-corrected chi connectivity index (χ0v) is 16.4. The Hall–Kier alpha value is -4.18. The lowest BCUT2D eigenvalue weighted by Gasteiger charge is -2.27.